The zero-order valence-corrected chi connectivity index (χ0v) is 10.8. The Morgan fingerprint density at radius 1 is 1.25 bits per heavy atom. The third-order valence-electron chi connectivity index (χ3n) is 3.22. The monoisotopic (exact) mass is 237 g/mol. The van der Waals surface area contributed by atoms with Crippen LogP contribution < -0.4 is 0 Å². The van der Waals surface area contributed by atoms with Gasteiger partial charge in [-0.3, -0.25) is 0 Å². The van der Waals surface area contributed by atoms with E-state index in [9.17, 15) is 13.9 Å². The van der Waals surface area contributed by atoms with Crippen molar-refractivity contribution in [1.82, 2.24) is 4.90 Å². The molecule has 0 spiro atoms. The van der Waals surface area contributed by atoms with Crippen molar-refractivity contribution >= 4 is 0 Å². The van der Waals surface area contributed by atoms with Crippen LogP contribution >= 0.6 is 0 Å². The van der Waals surface area contributed by atoms with Crippen LogP contribution in [0.15, 0.2) is 0 Å². The SMILES string of the molecule is CCC[C@@](CO)(CN(C)C)[C@H](CC)C(F)F. The lowest BCUT2D eigenvalue weighted by Gasteiger charge is -2.40. The smallest absolute Gasteiger partial charge is 0.242 e. The van der Waals surface area contributed by atoms with Crippen molar-refractivity contribution in [2.75, 3.05) is 27.2 Å². The van der Waals surface area contributed by atoms with Gasteiger partial charge in [0.1, 0.15) is 0 Å². The van der Waals surface area contributed by atoms with Gasteiger partial charge < -0.3 is 10.0 Å². The molecule has 0 rings (SSSR count). The topological polar surface area (TPSA) is 23.5 Å². The summed E-state index contributed by atoms with van der Waals surface area (Å²) in [5, 5.41) is 9.55. The Kier molecular flexibility index (Phi) is 7.07. The molecule has 0 aromatic heterocycles. The summed E-state index contributed by atoms with van der Waals surface area (Å²) in [5.41, 5.74) is -0.666. The number of aliphatic hydroxyl groups is 1. The fraction of sp³-hybridized carbons (Fsp3) is 1.00. The Morgan fingerprint density at radius 2 is 1.81 bits per heavy atom. The van der Waals surface area contributed by atoms with Gasteiger partial charge in [0.15, 0.2) is 0 Å². The zero-order valence-electron chi connectivity index (χ0n) is 10.8. The number of rotatable bonds is 8. The standard InChI is InChI=1S/C12H25F2NO/c1-5-7-12(9-16,8-15(3)4)10(6-2)11(13)14/h10-11,16H,5-9H2,1-4H3/t10-,12+/m1/s1. The zero-order chi connectivity index (χ0) is 12.8. The van der Waals surface area contributed by atoms with Crippen molar-refractivity contribution in [3.8, 4) is 0 Å². The molecule has 0 aliphatic rings. The largest absolute Gasteiger partial charge is 0.396 e. The number of alkyl halides is 2. The van der Waals surface area contributed by atoms with E-state index in [4.69, 9.17) is 0 Å². The summed E-state index contributed by atoms with van der Waals surface area (Å²) in [6.45, 7) is 4.09. The van der Waals surface area contributed by atoms with Gasteiger partial charge in [-0.1, -0.05) is 20.3 Å². The fourth-order valence-corrected chi connectivity index (χ4v) is 2.63. The van der Waals surface area contributed by atoms with Crippen molar-refractivity contribution in [1.29, 1.82) is 0 Å². The number of hydrogen-bond donors (Lipinski definition) is 1. The number of hydrogen-bond acceptors (Lipinski definition) is 2. The molecule has 0 aliphatic carbocycles. The van der Waals surface area contributed by atoms with Gasteiger partial charge in [-0.05, 0) is 26.9 Å². The molecule has 16 heavy (non-hydrogen) atoms. The summed E-state index contributed by atoms with van der Waals surface area (Å²) >= 11 is 0. The summed E-state index contributed by atoms with van der Waals surface area (Å²) in [5.74, 6) is -0.722. The molecule has 0 aromatic carbocycles. The molecule has 0 aliphatic heterocycles. The Morgan fingerprint density at radius 3 is 2.06 bits per heavy atom. The number of halogens is 2. The molecular formula is C12H25F2NO. The minimum Gasteiger partial charge on any atom is -0.396 e. The second-order valence-electron chi connectivity index (χ2n) is 4.86. The predicted molar refractivity (Wildman–Crippen MR) is 62.8 cm³/mol. The maximum absolute atomic E-state index is 13.0. The second-order valence-corrected chi connectivity index (χ2v) is 4.86. The highest BCUT2D eigenvalue weighted by Crippen LogP contribution is 2.39. The van der Waals surface area contributed by atoms with Crippen molar-refractivity contribution in [2.45, 2.75) is 39.5 Å². The van der Waals surface area contributed by atoms with E-state index >= 15 is 0 Å². The molecule has 0 fully saturated rings. The van der Waals surface area contributed by atoms with Crippen LogP contribution in [0.4, 0.5) is 8.78 Å². The van der Waals surface area contributed by atoms with Crippen LogP contribution in [0.25, 0.3) is 0 Å². The lowest BCUT2D eigenvalue weighted by molar-refractivity contribution is -0.0566. The normalized spacial score (nSPS) is 17.8. The van der Waals surface area contributed by atoms with E-state index < -0.39 is 17.8 Å². The lowest BCUT2D eigenvalue weighted by Crippen LogP contribution is -2.45. The maximum atomic E-state index is 13.0. The highest BCUT2D eigenvalue weighted by molar-refractivity contribution is 4.88. The molecule has 0 unspecified atom stereocenters. The van der Waals surface area contributed by atoms with Crippen LogP contribution in [0.5, 0.6) is 0 Å². The van der Waals surface area contributed by atoms with Gasteiger partial charge in [-0.25, -0.2) is 8.78 Å². The van der Waals surface area contributed by atoms with Gasteiger partial charge in [-0.15, -0.1) is 0 Å². The van der Waals surface area contributed by atoms with Crippen LogP contribution in [0.1, 0.15) is 33.1 Å². The first-order valence-corrected chi connectivity index (χ1v) is 5.97. The highest BCUT2D eigenvalue weighted by Gasteiger charge is 2.41. The minimum absolute atomic E-state index is 0.165. The Labute approximate surface area is 97.6 Å². The van der Waals surface area contributed by atoms with Gasteiger partial charge >= 0.3 is 0 Å². The molecule has 0 heterocycles. The van der Waals surface area contributed by atoms with Crippen LogP contribution in [0, 0.1) is 11.3 Å². The van der Waals surface area contributed by atoms with Crippen LogP contribution in [0.2, 0.25) is 0 Å². The molecule has 98 valence electrons. The third kappa shape index (κ3) is 3.98. The Balaban J connectivity index is 4.97. The Bertz CT molecular complexity index is 188. The average Bonchev–Trinajstić information content (AvgIpc) is 2.17. The maximum Gasteiger partial charge on any atom is 0.242 e. The molecule has 0 aromatic rings. The first-order valence-electron chi connectivity index (χ1n) is 5.97. The van der Waals surface area contributed by atoms with E-state index in [-0.39, 0.29) is 6.61 Å². The van der Waals surface area contributed by atoms with Crippen LogP contribution in [0.3, 0.4) is 0 Å². The van der Waals surface area contributed by atoms with Crippen molar-refractivity contribution in [3.63, 3.8) is 0 Å². The van der Waals surface area contributed by atoms with Gasteiger partial charge in [0.25, 0.3) is 0 Å². The molecule has 0 radical (unpaired) electrons. The first-order chi connectivity index (χ1) is 7.43. The van der Waals surface area contributed by atoms with Crippen molar-refractivity contribution < 1.29 is 13.9 Å². The van der Waals surface area contributed by atoms with Gasteiger partial charge in [0.05, 0.1) is 6.61 Å². The van der Waals surface area contributed by atoms with Gasteiger partial charge in [0.2, 0.25) is 6.43 Å². The van der Waals surface area contributed by atoms with E-state index in [1.807, 2.05) is 25.9 Å². The van der Waals surface area contributed by atoms with E-state index in [1.54, 1.807) is 6.92 Å². The van der Waals surface area contributed by atoms with E-state index in [1.165, 1.54) is 0 Å². The summed E-state index contributed by atoms with van der Waals surface area (Å²) in [7, 11) is 3.72. The third-order valence-corrected chi connectivity index (χ3v) is 3.22. The second kappa shape index (κ2) is 7.17. The summed E-state index contributed by atoms with van der Waals surface area (Å²) < 4.78 is 26.1. The summed E-state index contributed by atoms with van der Waals surface area (Å²) in [4.78, 5) is 1.89. The summed E-state index contributed by atoms with van der Waals surface area (Å²) in [6, 6.07) is 0. The highest BCUT2D eigenvalue weighted by atomic mass is 19.3. The van der Waals surface area contributed by atoms with E-state index in [2.05, 4.69) is 0 Å². The average molecular weight is 237 g/mol. The molecule has 2 atom stereocenters. The predicted octanol–water partition coefficient (Wildman–Crippen LogP) is 2.62. The van der Waals surface area contributed by atoms with E-state index in [0.717, 1.165) is 6.42 Å². The molecule has 0 bridgehead atoms. The minimum atomic E-state index is -2.36. The molecule has 1 N–H and O–H groups in total. The molecular weight excluding hydrogens is 212 g/mol. The number of nitrogens with zero attached hydrogens (tertiary/aromatic N) is 1. The number of aliphatic hydroxyl groups excluding tert-OH is 1. The quantitative estimate of drug-likeness (QED) is 0.701. The van der Waals surface area contributed by atoms with Crippen molar-refractivity contribution in [2.24, 2.45) is 11.3 Å². The van der Waals surface area contributed by atoms with Gasteiger partial charge in [0, 0.05) is 17.9 Å². The molecule has 2 nitrogen and oxygen atoms in total. The van der Waals surface area contributed by atoms with Crippen LogP contribution in [-0.2, 0) is 0 Å². The first kappa shape index (κ1) is 15.8. The fourth-order valence-electron chi connectivity index (χ4n) is 2.63. The Hall–Kier alpha value is -0.220. The van der Waals surface area contributed by atoms with E-state index in [0.29, 0.717) is 19.4 Å². The summed E-state index contributed by atoms with van der Waals surface area (Å²) in [6.07, 6.45) is -0.488. The molecule has 0 amide bonds. The van der Waals surface area contributed by atoms with Crippen LogP contribution in [-0.4, -0.2) is 43.7 Å². The molecule has 4 heteroatoms. The van der Waals surface area contributed by atoms with Crippen molar-refractivity contribution in [3.05, 3.63) is 0 Å². The molecule has 0 saturated heterocycles. The molecule has 0 saturated carbocycles. The van der Waals surface area contributed by atoms with Gasteiger partial charge in [-0.2, -0.15) is 0 Å². The lowest BCUT2D eigenvalue weighted by atomic mass is 9.71.